The Morgan fingerprint density at radius 2 is 2.10 bits per heavy atom. The molecule has 0 fully saturated rings. The van der Waals surface area contributed by atoms with Gasteiger partial charge in [0.1, 0.15) is 5.01 Å². The molecule has 0 saturated heterocycles. The molecule has 2 aromatic rings. The van der Waals surface area contributed by atoms with Gasteiger partial charge in [-0.3, -0.25) is 0 Å². The van der Waals surface area contributed by atoms with Crippen LogP contribution in [0.1, 0.15) is 38.4 Å². The Balaban J connectivity index is 1.95. The van der Waals surface area contributed by atoms with Crippen molar-refractivity contribution in [1.29, 1.82) is 0 Å². The average molecular weight is 324 g/mol. The molecule has 0 atom stereocenters. The molecular weight excluding hydrogens is 302 g/mol. The summed E-state index contributed by atoms with van der Waals surface area (Å²) in [6, 6.07) is 8.37. The molecule has 1 aromatic heterocycles. The second-order valence-electron chi connectivity index (χ2n) is 6.34. The highest BCUT2D eigenvalue weighted by Crippen LogP contribution is 2.25. The van der Waals surface area contributed by atoms with Crippen LogP contribution in [-0.2, 0) is 17.2 Å². The second-order valence-corrected chi connectivity index (χ2v) is 7.47. The lowest BCUT2D eigenvalue weighted by Crippen LogP contribution is -2.09. The summed E-state index contributed by atoms with van der Waals surface area (Å²) in [5.74, 6) is 0.464. The van der Waals surface area contributed by atoms with E-state index in [1.807, 2.05) is 5.38 Å². The molecule has 0 saturated carbocycles. The Bertz CT molecular complexity index is 574. The molecule has 114 valence electrons. The molecule has 2 rings (SSSR count). The lowest BCUT2D eigenvalue weighted by atomic mass is 9.93. The molecule has 0 spiro atoms. The normalized spacial score (nSPS) is 11.8. The Morgan fingerprint density at radius 3 is 2.76 bits per heavy atom. The van der Waals surface area contributed by atoms with Crippen molar-refractivity contribution < 1.29 is 4.74 Å². The summed E-state index contributed by atoms with van der Waals surface area (Å²) in [6.07, 6.45) is 1.07. The van der Waals surface area contributed by atoms with Gasteiger partial charge in [-0.05, 0) is 23.5 Å². The fourth-order valence-corrected chi connectivity index (χ4v) is 2.91. The molecule has 0 radical (unpaired) electrons. The number of thiazole rings is 1. The maximum absolute atomic E-state index is 5.80. The van der Waals surface area contributed by atoms with Crippen LogP contribution < -0.4 is 0 Å². The first-order valence-corrected chi connectivity index (χ1v) is 8.57. The SMILES string of the molecule is CC(C)(C)CCOCc1cccc(-c2nc(CCl)cs2)c1. The van der Waals surface area contributed by atoms with E-state index in [9.17, 15) is 0 Å². The topological polar surface area (TPSA) is 22.1 Å². The minimum Gasteiger partial charge on any atom is -0.377 e. The molecule has 0 aliphatic heterocycles. The van der Waals surface area contributed by atoms with E-state index in [0.717, 1.165) is 29.3 Å². The van der Waals surface area contributed by atoms with Crippen molar-refractivity contribution in [2.24, 2.45) is 5.41 Å². The van der Waals surface area contributed by atoms with Gasteiger partial charge in [-0.2, -0.15) is 0 Å². The Hall–Kier alpha value is -0.900. The van der Waals surface area contributed by atoms with Gasteiger partial charge in [-0.1, -0.05) is 39.0 Å². The van der Waals surface area contributed by atoms with Crippen LogP contribution in [0.4, 0.5) is 0 Å². The van der Waals surface area contributed by atoms with E-state index < -0.39 is 0 Å². The molecule has 0 amide bonds. The van der Waals surface area contributed by atoms with Crippen LogP contribution >= 0.6 is 22.9 Å². The molecule has 2 nitrogen and oxygen atoms in total. The molecule has 21 heavy (non-hydrogen) atoms. The third kappa shape index (κ3) is 5.42. The van der Waals surface area contributed by atoms with Crippen LogP contribution in [-0.4, -0.2) is 11.6 Å². The Labute approximate surface area is 136 Å². The van der Waals surface area contributed by atoms with Crippen LogP contribution in [0.3, 0.4) is 0 Å². The third-order valence-electron chi connectivity index (χ3n) is 3.13. The van der Waals surface area contributed by atoms with E-state index in [4.69, 9.17) is 16.3 Å². The van der Waals surface area contributed by atoms with Gasteiger partial charge in [0.15, 0.2) is 0 Å². The maximum Gasteiger partial charge on any atom is 0.123 e. The summed E-state index contributed by atoms with van der Waals surface area (Å²) in [7, 11) is 0. The van der Waals surface area contributed by atoms with Gasteiger partial charge >= 0.3 is 0 Å². The molecule has 1 heterocycles. The van der Waals surface area contributed by atoms with E-state index in [1.165, 1.54) is 5.56 Å². The quantitative estimate of drug-likeness (QED) is 0.517. The standard InChI is InChI=1S/C17H22ClNOS/c1-17(2,3)7-8-20-11-13-5-4-6-14(9-13)16-19-15(10-18)12-21-16/h4-6,9,12H,7-8,10-11H2,1-3H3. The van der Waals surface area contributed by atoms with Gasteiger partial charge in [-0.15, -0.1) is 22.9 Å². The largest absolute Gasteiger partial charge is 0.377 e. The first-order chi connectivity index (χ1) is 9.98. The van der Waals surface area contributed by atoms with Crippen molar-refractivity contribution in [2.75, 3.05) is 6.61 Å². The summed E-state index contributed by atoms with van der Waals surface area (Å²) in [6.45, 7) is 8.13. The minimum absolute atomic E-state index is 0.320. The van der Waals surface area contributed by atoms with Crippen molar-refractivity contribution in [3.8, 4) is 10.6 Å². The first kappa shape index (κ1) is 16.5. The van der Waals surface area contributed by atoms with Crippen LogP contribution in [0.15, 0.2) is 29.6 Å². The average Bonchev–Trinajstić information content (AvgIpc) is 2.92. The number of rotatable bonds is 6. The highest BCUT2D eigenvalue weighted by Gasteiger charge is 2.09. The zero-order chi connectivity index (χ0) is 15.3. The monoisotopic (exact) mass is 323 g/mol. The number of halogens is 1. The van der Waals surface area contributed by atoms with Gasteiger partial charge in [0.05, 0.1) is 18.2 Å². The number of nitrogens with zero attached hydrogens (tertiary/aromatic N) is 1. The Morgan fingerprint density at radius 1 is 1.29 bits per heavy atom. The van der Waals surface area contributed by atoms with Crippen LogP contribution in [0, 0.1) is 5.41 Å². The van der Waals surface area contributed by atoms with Crippen molar-refractivity contribution >= 4 is 22.9 Å². The fourth-order valence-electron chi connectivity index (χ4n) is 1.86. The van der Waals surface area contributed by atoms with Crippen molar-refractivity contribution in [3.05, 3.63) is 40.9 Å². The number of benzene rings is 1. The Kier molecular flexibility index (Phi) is 5.80. The van der Waals surface area contributed by atoms with E-state index in [0.29, 0.717) is 17.9 Å². The number of hydrogen-bond acceptors (Lipinski definition) is 3. The number of aromatic nitrogens is 1. The van der Waals surface area contributed by atoms with E-state index in [2.05, 4.69) is 50.0 Å². The van der Waals surface area contributed by atoms with Gasteiger partial charge in [-0.25, -0.2) is 4.98 Å². The molecule has 4 heteroatoms. The molecule has 0 N–H and O–H groups in total. The number of hydrogen-bond donors (Lipinski definition) is 0. The number of ether oxygens (including phenoxy) is 1. The zero-order valence-electron chi connectivity index (χ0n) is 12.9. The maximum atomic E-state index is 5.80. The van der Waals surface area contributed by atoms with Gasteiger partial charge < -0.3 is 4.74 Å². The van der Waals surface area contributed by atoms with Gasteiger partial charge in [0.25, 0.3) is 0 Å². The predicted octanol–water partition coefficient (Wildman–Crippen LogP) is 5.50. The highest BCUT2D eigenvalue weighted by molar-refractivity contribution is 7.13. The van der Waals surface area contributed by atoms with Crippen LogP contribution in [0.2, 0.25) is 0 Å². The number of alkyl halides is 1. The second kappa shape index (κ2) is 7.39. The van der Waals surface area contributed by atoms with Crippen LogP contribution in [0.25, 0.3) is 10.6 Å². The lowest BCUT2D eigenvalue weighted by Gasteiger charge is -2.17. The van der Waals surface area contributed by atoms with Crippen molar-refractivity contribution in [2.45, 2.75) is 39.7 Å². The predicted molar refractivity (Wildman–Crippen MR) is 90.8 cm³/mol. The molecular formula is C17H22ClNOS. The molecule has 0 unspecified atom stereocenters. The fraction of sp³-hybridized carbons (Fsp3) is 0.471. The zero-order valence-corrected chi connectivity index (χ0v) is 14.4. The summed E-state index contributed by atoms with van der Waals surface area (Å²) in [5.41, 5.74) is 3.57. The molecule has 0 bridgehead atoms. The van der Waals surface area contributed by atoms with Crippen molar-refractivity contribution in [1.82, 2.24) is 4.98 Å². The van der Waals surface area contributed by atoms with Crippen molar-refractivity contribution in [3.63, 3.8) is 0 Å². The lowest BCUT2D eigenvalue weighted by molar-refractivity contribution is 0.0962. The molecule has 0 aliphatic rings. The van der Waals surface area contributed by atoms with Crippen LogP contribution in [0.5, 0.6) is 0 Å². The minimum atomic E-state index is 0.320. The third-order valence-corrected chi connectivity index (χ3v) is 4.34. The smallest absolute Gasteiger partial charge is 0.123 e. The molecule has 1 aromatic carbocycles. The van der Waals surface area contributed by atoms with E-state index in [-0.39, 0.29) is 0 Å². The van der Waals surface area contributed by atoms with Gasteiger partial charge in [0, 0.05) is 17.6 Å². The van der Waals surface area contributed by atoms with E-state index in [1.54, 1.807) is 11.3 Å². The summed E-state index contributed by atoms with van der Waals surface area (Å²) in [5, 5.41) is 3.02. The molecule has 0 aliphatic carbocycles. The summed E-state index contributed by atoms with van der Waals surface area (Å²) < 4.78 is 5.77. The summed E-state index contributed by atoms with van der Waals surface area (Å²) >= 11 is 7.44. The highest BCUT2D eigenvalue weighted by atomic mass is 35.5. The van der Waals surface area contributed by atoms with Gasteiger partial charge in [0.2, 0.25) is 0 Å². The summed E-state index contributed by atoms with van der Waals surface area (Å²) in [4.78, 5) is 4.51. The first-order valence-electron chi connectivity index (χ1n) is 7.15. The van der Waals surface area contributed by atoms with E-state index >= 15 is 0 Å².